The van der Waals surface area contributed by atoms with E-state index in [0.717, 1.165) is 84.5 Å². The number of piperidine rings is 1. The zero-order chi connectivity index (χ0) is 25.5. The number of ether oxygens (including phenoxy) is 1. The van der Waals surface area contributed by atoms with Gasteiger partial charge >= 0.3 is 0 Å². The van der Waals surface area contributed by atoms with Crippen LogP contribution in [0.2, 0.25) is 0 Å². The van der Waals surface area contributed by atoms with E-state index in [0.29, 0.717) is 5.92 Å². The topological polar surface area (TPSA) is 133 Å². The second kappa shape index (κ2) is 13.7. The van der Waals surface area contributed by atoms with Crippen LogP contribution in [0.3, 0.4) is 0 Å². The fourth-order valence-corrected chi connectivity index (χ4v) is 6.69. The first kappa shape index (κ1) is 28.1. The molecule has 4 fully saturated rings. The lowest BCUT2D eigenvalue weighted by Crippen LogP contribution is -2.70. The molecule has 0 bridgehead atoms. The Labute approximate surface area is 215 Å². The molecule has 1 aliphatic carbocycles. The van der Waals surface area contributed by atoms with Crippen molar-refractivity contribution >= 4 is 5.91 Å². The molecule has 0 aromatic rings. The quantitative estimate of drug-likeness (QED) is 0.210. The van der Waals surface area contributed by atoms with E-state index in [4.69, 9.17) is 16.2 Å². The van der Waals surface area contributed by atoms with Crippen LogP contribution in [-0.4, -0.2) is 118 Å². The van der Waals surface area contributed by atoms with Gasteiger partial charge in [-0.1, -0.05) is 19.3 Å². The van der Waals surface area contributed by atoms with Crippen LogP contribution < -0.4 is 32.7 Å². The number of amides is 1. The van der Waals surface area contributed by atoms with Crippen LogP contribution in [0, 0.1) is 11.8 Å². The fourth-order valence-electron chi connectivity index (χ4n) is 6.69. The molecule has 208 valence electrons. The number of piperazine rings is 1. The van der Waals surface area contributed by atoms with Crippen LogP contribution in [0.15, 0.2) is 0 Å². The molecular weight excluding hydrogens is 463 g/mol. The van der Waals surface area contributed by atoms with Gasteiger partial charge in [0.1, 0.15) is 6.17 Å². The van der Waals surface area contributed by atoms with Gasteiger partial charge in [-0.2, -0.15) is 0 Å². The Morgan fingerprint density at radius 2 is 1.86 bits per heavy atom. The van der Waals surface area contributed by atoms with E-state index in [9.17, 15) is 9.18 Å². The Hall–Kier alpha value is -0.920. The number of rotatable bonds is 9. The lowest BCUT2D eigenvalue weighted by atomic mass is 9.80. The second-order valence-corrected chi connectivity index (χ2v) is 11.1. The van der Waals surface area contributed by atoms with Crippen LogP contribution >= 0.6 is 0 Å². The lowest BCUT2D eigenvalue weighted by molar-refractivity contribution is -0.129. The summed E-state index contributed by atoms with van der Waals surface area (Å²) in [4.78, 5) is 18.5. The first-order chi connectivity index (χ1) is 17.5. The van der Waals surface area contributed by atoms with Crippen molar-refractivity contribution in [3.63, 3.8) is 0 Å². The number of hydrogen-bond acceptors (Lipinski definition) is 9. The molecule has 3 aliphatic heterocycles. The minimum Gasteiger partial charge on any atom is -0.383 e. The van der Waals surface area contributed by atoms with E-state index in [-0.39, 0.29) is 30.6 Å². The van der Waals surface area contributed by atoms with Gasteiger partial charge in [-0.3, -0.25) is 25.2 Å². The number of hydrogen-bond donors (Lipinski definition) is 6. The zero-order valence-corrected chi connectivity index (χ0v) is 22.0. The van der Waals surface area contributed by atoms with Crippen molar-refractivity contribution in [1.82, 2.24) is 31.1 Å². The number of alkyl halides is 1. The standard InChI is InChI=1S/C25H49FN8O2/c1-36-14-13-33-9-11-34(12-10-33)20-7-8-29-16-19(20)31-25(35)21(23(27)28)24-30-15-18(26)22(32-24)17-5-3-2-4-6-17/h17-24,29-30,32H,2-16,27-28H2,1H3,(H,31,35). The number of halogens is 1. The highest BCUT2D eigenvalue weighted by molar-refractivity contribution is 5.80. The van der Waals surface area contributed by atoms with E-state index in [1.54, 1.807) is 7.11 Å². The lowest BCUT2D eigenvalue weighted by Gasteiger charge is -2.46. The van der Waals surface area contributed by atoms with E-state index >= 15 is 0 Å². The number of carbonyl (C=O) groups excluding carboxylic acids is 1. The van der Waals surface area contributed by atoms with E-state index < -0.39 is 24.4 Å². The molecule has 3 heterocycles. The fraction of sp³-hybridized carbons (Fsp3) is 0.960. The Kier molecular flexibility index (Phi) is 10.7. The van der Waals surface area contributed by atoms with E-state index in [1.165, 1.54) is 6.42 Å². The summed E-state index contributed by atoms with van der Waals surface area (Å²) in [6.45, 7) is 7.55. The maximum atomic E-state index is 14.9. The molecule has 1 amide bonds. The number of nitrogens with zero attached hydrogens (tertiary/aromatic N) is 2. The molecular formula is C25H49FN8O2. The van der Waals surface area contributed by atoms with Gasteiger partial charge in [0.25, 0.3) is 0 Å². The summed E-state index contributed by atoms with van der Waals surface area (Å²) in [6, 6.07) is -0.0133. The maximum Gasteiger partial charge on any atom is 0.229 e. The Morgan fingerprint density at radius 3 is 2.56 bits per heavy atom. The molecule has 0 aromatic heterocycles. The van der Waals surface area contributed by atoms with Gasteiger partial charge in [-0.25, -0.2) is 4.39 Å². The molecule has 8 N–H and O–H groups in total. The average Bonchev–Trinajstić information content (AvgIpc) is 2.89. The van der Waals surface area contributed by atoms with Crippen LogP contribution in [0.4, 0.5) is 4.39 Å². The minimum atomic E-state index is -0.975. The van der Waals surface area contributed by atoms with Crippen molar-refractivity contribution in [3.8, 4) is 0 Å². The molecule has 1 saturated carbocycles. The molecule has 3 saturated heterocycles. The molecule has 6 unspecified atom stereocenters. The largest absolute Gasteiger partial charge is 0.383 e. The summed E-state index contributed by atoms with van der Waals surface area (Å²) < 4.78 is 20.1. The summed E-state index contributed by atoms with van der Waals surface area (Å²) in [5.74, 6) is -0.547. The van der Waals surface area contributed by atoms with E-state index in [2.05, 4.69) is 31.1 Å². The summed E-state index contributed by atoms with van der Waals surface area (Å²) >= 11 is 0. The summed E-state index contributed by atoms with van der Waals surface area (Å²) in [5, 5.41) is 13.3. The first-order valence-corrected chi connectivity index (χ1v) is 14.1. The molecule has 10 nitrogen and oxygen atoms in total. The first-order valence-electron chi connectivity index (χ1n) is 14.1. The van der Waals surface area contributed by atoms with Gasteiger partial charge in [-0.05, 0) is 31.7 Å². The number of nitrogens with two attached hydrogens (primary N) is 2. The van der Waals surface area contributed by atoms with Gasteiger partial charge < -0.3 is 26.8 Å². The van der Waals surface area contributed by atoms with Crippen molar-refractivity contribution in [2.75, 3.05) is 66.1 Å². The summed E-state index contributed by atoms with van der Waals surface area (Å²) in [6.07, 6.45) is 4.29. The normalized spacial score (nSPS) is 34.5. The Morgan fingerprint density at radius 1 is 1.11 bits per heavy atom. The summed E-state index contributed by atoms with van der Waals surface area (Å²) in [7, 11) is 1.74. The molecule has 0 radical (unpaired) electrons. The molecule has 0 aromatic carbocycles. The monoisotopic (exact) mass is 512 g/mol. The highest BCUT2D eigenvalue weighted by Crippen LogP contribution is 2.30. The molecule has 11 heteroatoms. The number of carbonyl (C=O) groups is 1. The molecule has 4 rings (SSSR count). The maximum absolute atomic E-state index is 14.9. The molecule has 0 spiro atoms. The predicted molar refractivity (Wildman–Crippen MR) is 139 cm³/mol. The highest BCUT2D eigenvalue weighted by atomic mass is 19.1. The molecule has 36 heavy (non-hydrogen) atoms. The third-order valence-corrected chi connectivity index (χ3v) is 8.79. The number of nitrogens with one attached hydrogen (secondary N) is 4. The second-order valence-electron chi connectivity index (χ2n) is 11.1. The minimum absolute atomic E-state index is 0.0234. The zero-order valence-electron chi connectivity index (χ0n) is 22.0. The van der Waals surface area contributed by atoms with Crippen molar-refractivity contribution in [3.05, 3.63) is 0 Å². The van der Waals surface area contributed by atoms with E-state index in [1.807, 2.05) is 0 Å². The van der Waals surface area contributed by atoms with Gasteiger partial charge in [-0.15, -0.1) is 0 Å². The van der Waals surface area contributed by atoms with Crippen molar-refractivity contribution < 1.29 is 13.9 Å². The van der Waals surface area contributed by atoms with Crippen molar-refractivity contribution in [1.29, 1.82) is 0 Å². The molecule has 6 atom stereocenters. The molecule has 4 aliphatic rings. The van der Waals surface area contributed by atoms with Gasteiger partial charge in [0, 0.05) is 65.0 Å². The van der Waals surface area contributed by atoms with Crippen molar-refractivity contribution in [2.24, 2.45) is 23.3 Å². The Balaban J connectivity index is 1.36. The predicted octanol–water partition coefficient (Wildman–Crippen LogP) is -1.24. The van der Waals surface area contributed by atoms with Crippen LogP contribution in [0.5, 0.6) is 0 Å². The van der Waals surface area contributed by atoms with Gasteiger partial charge in [0.2, 0.25) is 5.91 Å². The van der Waals surface area contributed by atoms with Gasteiger partial charge in [0.15, 0.2) is 0 Å². The van der Waals surface area contributed by atoms with Crippen LogP contribution in [0.1, 0.15) is 38.5 Å². The van der Waals surface area contributed by atoms with Crippen LogP contribution in [-0.2, 0) is 9.53 Å². The van der Waals surface area contributed by atoms with Gasteiger partial charge in [0.05, 0.1) is 30.9 Å². The number of methoxy groups -OCH3 is 1. The SMILES string of the molecule is COCCN1CCN(C2CCNCC2NC(=O)C(C(N)N)C2NCC(F)C(C3CCCCC3)N2)CC1. The average molecular weight is 513 g/mol. The van der Waals surface area contributed by atoms with Crippen molar-refractivity contribution in [2.45, 2.75) is 75.2 Å². The van der Waals surface area contributed by atoms with Crippen LogP contribution in [0.25, 0.3) is 0 Å². The Bertz CT molecular complexity index is 674. The highest BCUT2D eigenvalue weighted by Gasteiger charge is 2.43. The summed E-state index contributed by atoms with van der Waals surface area (Å²) in [5.41, 5.74) is 12.3. The smallest absolute Gasteiger partial charge is 0.229 e. The third-order valence-electron chi connectivity index (χ3n) is 8.79. The third kappa shape index (κ3) is 7.13.